The van der Waals surface area contributed by atoms with Gasteiger partial charge in [0.2, 0.25) is 0 Å². The average molecular weight is 271 g/mol. The van der Waals surface area contributed by atoms with Crippen molar-refractivity contribution in [1.29, 1.82) is 0 Å². The minimum atomic E-state index is 0.306. The maximum Gasteiger partial charge on any atom is 0.137 e. The second kappa shape index (κ2) is 6.43. The van der Waals surface area contributed by atoms with Gasteiger partial charge in [0.1, 0.15) is 5.75 Å². The van der Waals surface area contributed by atoms with Crippen LogP contribution in [0.4, 0.5) is 5.69 Å². The number of para-hydroxylation sites is 2. The number of phenolic OH excluding ortho intramolecular Hbond substituents is 1. The van der Waals surface area contributed by atoms with Crippen molar-refractivity contribution in [2.24, 2.45) is 4.99 Å². The second-order valence-corrected chi connectivity index (χ2v) is 6.07. The van der Waals surface area contributed by atoms with E-state index in [1.54, 1.807) is 18.0 Å². The minimum absolute atomic E-state index is 0.306. The molecule has 0 saturated heterocycles. The Hall–Kier alpha value is -1.74. The quantitative estimate of drug-likeness (QED) is 0.649. The van der Waals surface area contributed by atoms with Crippen molar-refractivity contribution in [3.63, 3.8) is 0 Å². The molecule has 2 rings (SSSR count). The predicted octanol–water partition coefficient (Wildman–Crippen LogP) is 4.64. The van der Waals surface area contributed by atoms with Crippen molar-refractivity contribution >= 4 is 23.7 Å². The fourth-order valence-corrected chi connectivity index (χ4v) is 2.55. The van der Waals surface area contributed by atoms with Crippen LogP contribution in [0.5, 0.6) is 5.75 Å². The van der Waals surface area contributed by atoms with Gasteiger partial charge in [-0.1, -0.05) is 38.1 Å². The molecule has 2 aromatic rings. The molecule has 0 unspecified atom stereocenters. The number of aromatic hydroxyl groups is 1. The highest BCUT2D eigenvalue weighted by Crippen LogP contribution is 2.33. The highest BCUT2D eigenvalue weighted by atomic mass is 32.2. The van der Waals surface area contributed by atoms with Crippen molar-refractivity contribution in [3.05, 3.63) is 54.1 Å². The zero-order valence-electron chi connectivity index (χ0n) is 11.1. The van der Waals surface area contributed by atoms with Crippen LogP contribution in [0, 0.1) is 0 Å². The first-order chi connectivity index (χ1) is 9.16. The number of hydrogen-bond acceptors (Lipinski definition) is 3. The second-order valence-electron chi connectivity index (χ2n) is 4.45. The average Bonchev–Trinajstić information content (AvgIpc) is 2.40. The van der Waals surface area contributed by atoms with Crippen LogP contribution in [-0.2, 0) is 0 Å². The molecule has 0 amide bonds. The maximum atomic E-state index is 10.2. The molecule has 0 fully saturated rings. The van der Waals surface area contributed by atoms with Gasteiger partial charge in [-0.25, -0.2) is 0 Å². The molecule has 0 radical (unpaired) electrons. The van der Waals surface area contributed by atoms with Gasteiger partial charge in [-0.2, -0.15) is 0 Å². The van der Waals surface area contributed by atoms with E-state index < -0.39 is 0 Å². The van der Waals surface area contributed by atoms with E-state index in [1.165, 1.54) is 0 Å². The molecule has 0 spiro atoms. The summed E-state index contributed by atoms with van der Waals surface area (Å²) in [5.74, 6) is 0.306. The smallest absolute Gasteiger partial charge is 0.137 e. The molecule has 2 nitrogen and oxygen atoms in total. The normalized spacial score (nSPS) is 11.3. The summed E-state index contributed by atoms with van der Waals surface area (Å²) < 4.78 is 0. The van der Waals surface area contributed by atoms with Gasteiger partial charge in [0, 0.05) is 17.0 Å². The highest BCUT2D eigenvalue weighted by Gasteiger charge is 2.07. The highest BCUT2D eigenvalue weighted by molar-refractivity contribution is 8.00. The Morgan fingerprint density at radius 3 is 2.47 bits per heavy atom. The van der Waals surface area contributed by atoms with Crippen LogP contribution in [0.1, 0.15) is 19.4 Å². The Bertz CT molecular complexity index is 564. The van der Waals surface area contributed by atoms with E-state index in [0.717, 1.165) is 16.1 Å². The lowest BCUT2D eigenvalue weighted by molar-refractivity contribution is 0.461. The van der Waals surface area contributed by atoms with Gasteiger partial charge in [-0.15, -0.1) is 11.8 Å². The SMILES string of the molecule is CC(C)Sc1cccc(C=Nc2ccccc2)c1O. The van der Waals surface area contributed by atoms with Crippen LogP contribution in [0.3, 0.4) is 0 Å². The fourth-order valence-electron chi connectivity index (χ4n) is 1.65. The van der Waals surface area contributed by atoms with Crippen molar-refractivity contribution in [2.75, 3.05) is 0 Å². The molecule has 0 aliphatic rings. The van der Waals surface area contributed by atoms with E-state index >= 15 is 0 Å². The first kappa shape index (κ1) is 13.7. The van der Waals surface area contributed by atoms with Gasteiger partial charge in [0.25, 0.3) is 0 Å². The summed E-state index contributed by atoms with van der Waals surface area (Å²) in [4.78, 5) is 5.26. The van der Waals surface area contributed by atoms with Gasteiger partial charge >= 0.3 is 0 Å². The molecule has 0 saturated carbocycles. The molecule has 0 aliphatic carbocycles. The number of thioether (sulfide) groups is 1. The molecule has 0 heterocycles. The summed E-state index contributed by atoms with van der Waals surface area (Å²) in [5.41, 5.74) is 1.62. The first-order valence-corrected chi connectivity index (χ1v) is 7.12. The van der Waals surface area contributed by atoms with Crippen LogP contribution in [0.2, 0.25) is 0 Å². The number of hydrogen-bond donors (Lipinski definition) is 1. The molecule has 0 aromatic heterocycles. The lowest BCUT2D eigenvalue weighted by Gasteiger charge is -2.08. The predicted molar refractivity (Wildman–Crippen MR) is 82.8 cm³/mol. The Kier molecular flexibility index (Phi) is 4.63. The lowest BCUT2D eigenvalue weighted by Crippen LogP contribution is -1.89. The molecule has 19 heavy (non-hydrogen) atoms. The summed E-state index contributed by atoms with van der Waals surface area (Å²) in [7, 11) is 0. The van der Waals surface area contributed by atoms with Gasteiger partial charge < -0.3 is 5.11 Å². The molecule has 0 bridgehead atoms. The number of nitrogens with zero attached hydrogens (tertiary/aromatic N) is 1. The van der Waals surface area contributed by atoms with E-state index in [0.29, 0.717) is 11.0 Å². The van der Waals surface area contributed by atoms with Crippen LogP contribution in [-0.4, -0.2) is 16.6 Å². The molecule has 2 aromatic carbocycles. The summed E-state index contributed by atoms with van der Waals surface area (Å²) >= 11 is 1.65. The van der Waals surface area contributed by atoms with E-state index in [-0.39, 0.29) is 0 Å². The zero-order valence-corrected chi connectivity index (χ0v) is 11.9. The van der Waals surface area contributed by atoms with E-state index in [2.05, 4.69) is 18.8 Å². The summed E-state index contributed by atoms with van der Waals surface area (Å²) in [6.07, 6.45) is 1.70. The number of benzene rings is 2. The molecule has 0 aliphatic heterocycles. The van der Waals surface area contributed by atoms with Gasteiger partial charge in [-0.3, -0.25) is 4.99 Å². The number of phenols is 1. The molecule has 0 atom stereocenters. The maximum absolute atomic E-state index is 10.2. The van der Waals surface area contributed by atoms with E-state index in [9.17, 15) is 5.11 Å². The Morgan fingerprint density at radius 1 is 1.05 bits per heavy atom. The monoisotopic (exact) mass is 271 g/mol. The van der Waals surface area contributed by atoms with E-state index in [4.69, 9.17) is 0 Å². The first-order valence-electron chi connectivity index (χ1n) is 6.24. The zero-order chi connectivity index (χ0) is 13.7. The summed E-state index contributed by atoms with van der Waals surface area (Å²) in [6, 6.07) is 15.4. The third-order valence-electron chi connectivity index (χ3n) is 2.50. The van der Waals surface area contributed by atoms with Crippen molar-refractivity contribution in [2.45, 2.75) is 24.0 Å². The Morgan fingerprint density at radius 2 is 1.79 bits per heavy atom. The van der Waals surface area contributed by atoms with Crippen LogP contribution < -0.4 is 0 Å². The van der Waals surface area contributed by atoms with Crippen LogP contribution >= 0.6 is 11.8 Å². The standard InChI is InChI=1S/C16H17NOS/c1-12(2)19-15-10-6-7-13(16(15)18)11-17-14-8-4-3-5-9-14/h3-12,18H,1-2H3. The number of rotatable bonds is 4. The van der Waals surface area contributed by atoms with Crippen molar-refractivity contribution in [3.8, 4) is 5.75 Å². The molecule has 3 heteroatoms. The van der Waals surface area contributed by atoms with Gasteiger partial charge in [-0.05, 0) is 24.3 Å². The lowest BCUT2D eigenvalue weighted by atomic mass is 10.2. The van der Waals surface area contributed by atoms with Crippen molar-refractivity contribution in [1.82, 2.24) is 0 Å². The van der Waals surface area contributed by atoms with Crippen LogP contribution in [0.15, 0.2) is 58.4 Å². The van der Waals surface area contributed by atoms with E-state index in [1.807, 2.05) is 48.5 Å². The van der Waals surface area contributed by atoms with Gasteiger partial charge in [0.15, 0.2) is 0 Å². The minimum Gasteiger partial charge on any atom is -0.506 e. The Balaban J connectivity index is 2.23. The topological polar surface area (TPSA) is 32.6 Å². The molecular weight excluding hydrogens is 254 g/mol. The van der Waals surface area contributed by atoms with Gasteiger partial charge in [0.05, 0.1) is 10.6 Å². The summed E-state index contributed by atoms with van der Waals surface area (Å²) in [6.45, 7) is 4.21. The third-order valence-corrected chi connectivity index (χ3v) is 3.56. The molecular formula is C16H17NOS. The largest absolute Gasteiger partial charge is 0.506 e. The fraction of sp³-hybridized carbons (Fsp3) is 0.188. The molecule has 98 valence electrons. The Labute approximate surface area is 118 Å². The molecule has 1 N–H and O–H groups in total. The summed E-state index contributed by atoms with van der Waals surface area (Å²) in [5, 5.41) is 10.6. The third kappa shape index (κ3) is 3.86. The van der Waals surface area contributed by atoms with Crippen molar-refractivity contribution < 1.29 is 5.11 Å². The number of aliphatic imine (C=N–C) groups is 1. The van der Waals surface area contributed by atoms with Crippen LogP contribution in [0.25, 0.3) is 0 Å².